The number of aromatic hydroxyl groups is 1. The zero-order chi connectivity index (χ0) is 17.7. The van der Waals surface area contributed by atoms with E-state index >= 15 is 0 Å². The first-order chi connectivity index (χ1) is 11.4. The summed E-state index contributed by atoms with van der Waals surface area (Å²) < 4.78 is 6.96. The van der Waals surface area contributed by atoms with Crippen molar-refractivity contribution in [3.63, 3.8) is 0 Å². The van der Waals surface area contributed by atoms with Crippen LogP contribution in [0.15, 0.2) is 48.9 Å². The number of carbonyl (C=O) groups is 1. The molecule has 2 aromatic rings. The molecule has 0 fully saturated rings. The number of hydrogen-bond acceptors (Lipinski definition) is 4. The SMILES string of the molecule is O=C(COc1ccc(Cl)cc1)NN=Cc1c(Br)cc(Br)c(O)c1Br. The average Bonchev–Trinajstić information content (AvgIpc) is 2.55. The number of hydrazone groups is 1. The summed E-state index contributed by atoms with van der Waals surface area (Å²) >= 11 is 15.6. The molecule has 2 aromatic carbocycles. The van der Waals surface area contributed by atoms with Crippen LogP contribution in [-0.2, 0) is 4.79 Å². The van der Waals surface area contributed by atoms with E-state index in [9.17, 15) is 9.90 Å². The van der Waals surface area contributed by atoms with Crippen molar-refractivity contribution in [3.05, 3.63) is 54.3 Å². The minimum Gasteiger partial charge on any atom is -0.506 e. The summed E-state index contributed by atoms with van der Waals surface area (Å²) in [6.45, 7) is -0.188. The zero-order valence-electron chi connectivity index (χ0n) is 11.9. The molecule has 24 heavy (non-hydrogen) atoms. The Balaban J connectivity index is 1.93. The first-order valence-corrected chi connectivity index (χ1v) is 9.21. The number of nitrogens with zero attached hydrogens (tertiary/aromatic N) is 1. The summed E-state index contributed by atoms with van der Waals surface area (Å²) in [6.07, 6.45) is 1.40. The van der Waals surface area contributed by atoms with Gasteiger partial charge in [-0.05, 0) is 62.2 Å². The number of halogens is 4. The van der Waals surface area contributed by atoms with E-state index in [4.69, 9.17) is 16.3 Å². The number of hydrogen-bond donors (Lipinski definition) is 2. The number of ether oxygens (including phenoxy) is 1. The highest BCUT2D eigenvalue weighted by molar-refractivity contribution is 9.11. The lowest BCUT2D eigenvalue weighted by Gasteiger charge is -2.07. The van der Waals surface area contributed by atoms with Gasteiger partial charge in [0.05, 0.1) is 15.2 Å². The largest absolute Gasteiger partial charge is 0.506 e. The van der Waals surface area contributed by atoms with Crippen LogP contribution in [0.2, 0.25) is 5.02 Å². The van der Waals surface area contributed by atoms with Crippen molar-refractivity contribution in [1.29, 1.82) is 0 Å². The fraction of sp³-hybridized carbons (Fsp3) is 0.0667. The molecule has 0 aliphatic heterocycles. The minimum absolute atomic E-state index is 0.0389. The summed E-state index contributed by atoms with van der Waals surface area (Å²) in [4.78, 5) is 11.7. The fourth-order valence-corrected chi connectivity index (χ4v) is 4.05. The Morgan fingerprint density at radius 3 is 2.58 bits per heavy atom. The Morgan fingerprint density at radius 2 is 1.92 bits per heavy atom. The maximum absolute atomic E-state index is 11.7. The number of benzene rings is 2. The summed E-state index contributed by atoms with van der Waals surface area (Å²) in [5.41, 5.74) is 2.92. The van der Waals surface area contributed by atoms with Gasteiger partial charge in [0.15, 0.2) is 6.61 Å². The van der Waals surface area contributed by atoms with Gasteiger partial charge >= 0.3 is 0 Å². The predicted octanol–water partition coefficient (Wildman–Crippen LogP) is 4.86. The van der Waals surface area contributed by atoms with Crippen molar-refractivity contribution >= 4 is 71.5 Å². The van der Waals surface area contributed by atoms with Gasteiger partial charge in [-0.15, -0.1) is 0 Å². The number of amides is 1. The van der Waals surface area contributed by atoms with Crippen molar-refractivity contribution < 1.29 is 14.6 Å². The quantitative estimate of drug-likeness (QED) is 0.420. The van der Waals surface area contributed by atoms with Crippen molar-refractivity contribution in [1.82, 2.24) is 5.43 Å². The summed E-state index contributed by atoms with van der Waals surface area (Å²) in [5.74, 6) is 0.147. The molecule has 126 valence electrons. The minimum atomic E-state index is -0.422. The smallest absolute Gasteiger partial charge is 0.277 e. The molecular weight excluding hydrogens is 531 g/mol. The van der Waals surface area contributed by atoms with E-state index in [0.717, 1.165) is 0 Å². The van der Waals surface area contributed by atoms with Gasteiger partial charge in [-0.1, -0.05) is 27.5 Å². The molecule has 0 atom stereocenters. The molecule has 0 radical (unpaired) electrons. The standard InChI is InChI=1S/C15H10Br3ClN2O3/c16-11-5-12(17)15(23)14(18)10(11)6-20-21-13(22)7-24-9-3-1-8(19)2-4-9/h1-6,23H,7H2,(H,21,22). The maximum Gasteiger partial charge on any atom is 0.277 e. The second kappa shape index (κ2) is 8.84. The van der Waals surface area contributed by atoms with Gasteiger partial charge in [-0.25, -0.2) is 5.43 Å². The van der Waals surface area contributed by atoms with Gasteiger partial charge in [0.2, 0.25) is 0 Å². The third-order valence-corrected chi connectivity index (χ3v) is 5.06. The number of phenols is 1. The first-order valence-electron chi connectivity index (χ1n) is 6.45. The molecule has 0 bridgehead atoms. The Morgan fingerprint density at radius 1 is 1.25 bits per heavy atom. The number of nitrogens with one attached hydrogen (secondary N) is 1. The zero-order valence-corrected chi connectivity index (χ0v) is 17.4. The first kappa shape index (κ1) is 19.2. The Kier molecular flexibility index (Phi) is 7.09. The van der Waals surface area contributed by atoms with Crippen LogP contribution in [0.4, 0.5) is 0 Å². The molecule has 0 aliphatic rings. The molecular formula is C15H10Br3ClN2O3. The molecule has 0 spiro atoms. The van der Waals surface area contributed by atoms with E-state index in [1.165, 1.54) is 6.21 Å². The van der Waals surface area contributed by atoms with E-state index in [1.807, 2.05) is 0 Å². The number of phenolic OH excluding ortho intramolecular Hbond substituents is 1. The molecule has 0 aliphatic carbocycles. The van der Waals surface area contributed by atoms with Crippen molar-refractivity contribution in [3.8, 4) is 11.5 Å². The van der Waals surface area contributed by atoms with Crippen LogP contribution >= 0.6 is 59.4 Å². The van der Waals surface area contributed by atoms with Crippen LogP contribution in [-0.4, -0.2) is 23.8 Å². The third-order valence-electron chi connectivity index (χ3n) is 2.75. The molecule has 2 rings (SSSR count). The maximum atomic E-state index is 11.7. The highest BCUT2D eigenvalue weighted by Crippen LogP contribution is 2.38. The Hall–Kier alpha value is -1.09. The second-order valence-corrected chi connectivity index (χ2v) is 7.39. The highest BCUT2D eigenvalue weighted by atomic mass is 79.9. The van der Waals surface area contributed by atoms with Gasteiger partial charge in [0.25, 0.3) is 5.91 Å². The number of rotatable bonds is 5. The van der Waals surface area contributed by atoms with Crippen LogP contribution < -0.4 is 10.2 Å². The third kappa shape index (κ3) is 5.20. The predicted molar refractivity (Wildman–Crippen MR) is 104 cm³/mol. The van der Waals surface area contributed by atoms with E-state index in [2.05, 4.69) is 58.3 Å². The lowest BCUT2D eigenvalue weighted by molar-refractivity contribution is -0.123. The lowest BCUT2D eigenvalue weighted by Crippen LogP contribution is -2.24. The molecule has 0 heterocycles. The normalized spacial score (nSPS) is 10.8. The van der Waals surface area contributed by atoms with Gasteiger partial charge in [-0.2, -0.15) is 5.10 Å². The van der Waals surface area contributed by atoms with E-state index in [1.54, 1.807) is 30.3 Å². The second-order valence-electron chi connectivity index (χ2n) is 4.45. The van der Waals surface area contributed by atoms with Crippen LogP contribution in [0.3, 0.4) is 0 Å². The molecule has 0 unspecified atom stereocenters. The Bertz CT molecular complexity index is 783. The van der Waals surface area contributed by atoms with Crippen LogP contribution in [0, 0.1) is 0 Å². The summed E-state index contributed by atoms with van der Waals surface area (Å²) in [5, 5.41) is 14.3. The van der Waals surface area contributed by atoms with Crippen molar-refractivity contribution in [2.24, 2.45) is 5.10 Å². The van der Waals surface area contributed by atoms with E-state index in [0.29, 0.717) is 29.8 Å². The average molecular weight is 541 g/mol. The van der Waals surface area contributed by atoms with Crippen LogP contribution in [0.25, 0.3) is 0 Å². The summed E-state index contributed by atoms with van der Waals surface area (Å²) in [6, 6.07) is 8.34. The van der Waals surface area contributed by atoms with Gasteiger partial charge < -0.3 is 9.84 Å². The molecule has 1 amide bonds. The van der Waals surface area contributed by atoms with Crippen LogP contribution in [0.5, 0.6) is 11.5 Å². The molecule has 0 saturated heterocycles. The Labute approximate surface area is 168 Å². The molecule has 5 nitrogen and oxygen atoms in total. The van der Waals surface area contributed by atoms with E-state index in [-0.39, 0.29) is 12.4 Å². The molecule has 0 saturated carbocycles. The number of carbonyl (C=O) groups excluding carboxylic acids is 1. The van der Waals surface area contributed by atoms with Gasteiger partial charge in [0, 0.05) is 15.1 Å². The van der Waals surface area contributed by atoms with E-state index < -0.39 is 5.91 Å². The fourth-order valence-electron chi connectivity index (χ4n) is 1.59. The van der Waals surface area contributed by atoms with Gasteiger partial charge in [0.1, 0.15) is 11.5 Å². The van der Waals surface area contributed by atoms with Gasteiger partial charge in [-0.3, -0.25) is 4.79 Å². The van der Waals surface area contributed by atoms with Crippen LogP contribution in [0.1, 0.15) is 5.56 Å². The molecule has 0 aromatic heterocycles. The van der Waals surface area contributed by atoms with Crippen molar-refractivity contribution in [2.75, 3.05) is 6.61 Å². The summed E-state index contributed by atoms with van der Waals surface area (Å²) in [7, 11) is 0. The molecule has 9 heteroatoms. The highest BCUT2D eigenvalue weighted by Gasteiger charge is 2.12. The lowest BCUT2D eigenvalue weighted by atomic mass is 10.2. The monoisotopic (exact) mass is 538 g/mol. The topological polar surface area (TPSA) is 70.9 Å². The van der Waals surface area contributed by atoms with Crippen molar-refractivity contribution in [2.45, 2.75) is 0 Å². The molecule has 2 N–H and O–H groups in total.